The molecule has 2 aromatic carbocycles. The Morgan fingerprint density at radius 2 is 1.91 bits per heavy atom. The third-order valence-corrected chi connectivity index (χ3v) is 12.7. The molecule has 232 valence electrons. The zero-order chi connectivity index (χ0) is 31.1. The zero-order valence-electron chi connectivity index (χ0n) is 25.3. The van der Waals surface area contributed by atoms with Gasteiger partial charge in [0, 0.05) is 33.0 Å². The molecule has 4 aliphatic carbocycles. The number of Topliss-reactive ketones (excluding diaryl/α,β-unsaturated/α-hetero) is 1. The van der Waals surface area contributed by atoms with E-state index in [1.54, 1.807) is 24.8 Å². The molecule has 0 amide bonds. The Balaban J connectivity index is 1.16. The number of hydrogen-bond acceptors (Lipinski definition) is 7. The van der Waals surface area contributed by atoms with Gasteiger partial charge in [0.05, 0.1) is 12.2 Å². The Morgan fingerprint density at radius 3 is 2.64 bits per heavy atom. The van der Waals surface area contributed by atoms with E-state index in [9.17, 15) is 19.8 Å². The van der Waals surface area contributed by atoms with Gasteiger partial charge in [0.1, 0.15) is 6.61 Å². The number of hydrogen-bond donors (Lipinski definition) is 2. The van der Waals surface area contributed by atoms with Gasteiger partial charge in [-0.3, -0.25) is 9.59 Å². The molecular weight excluding hydrogens is 579 g/mol. The molecule has 2 N–H and O–H groups in total. The van der Waals surface area contributed by atoms with Crippen molar-refractivity contribution in [2.75, 3.05) is 6.61 Å². The Morgan fingerprint density at radius 1 is 1.14 bits per heavy atom. The molecule has 0 radical (unpaired) electrons. The van der Waals surface area contributed by atoms with Crippen LogP contribution >= 0.6 is 11.8 Å². The number of benzene rings is 2. The fourth-order valence-corrected chi connectivity index (χ4v) is 10.3. The second-order valence-corrected chi connectivity index (χ2v) is 14.8. The number of carbonyl (C=O) groups excluding carboxylic acids is 2. The van der Waals surface area contributed by atoms with Crippen LogP contribution in [0.3, 0.4) is 0 Å². The normalized spacial score (nSPS) is 40.5. The molecule has 2 aromatic rings. The van der Waals surface area contributed by atoms with E-state index in [1.807, 2.05) is 31.2 Å². The van der Waals surface area contributed by atoms with Gasteiger partial charge in [-0.05, 0) is 75.3 Å². The predicted molar refractivity (Wildman–Crippen MR) is 164 cm³/mol. The summed E-state index contributed by atoms with van der Waals surface area (Å²) in [6.45, 7) is 5.02. The third-order valence-electron chi connectivity index (χ3n) is 11.6. The summed E-state index contributed by atoms with van der Waals surface area (Å²) in [5.41, 5.74) is -1.80. The van der Waals surface area contributed by atoms with Gasteiger partial charge >= 0.3 is 0 Å². The fraction of sp³-hybridized carbons (Fsp3) is 0.500. The molecule has 0 spiro atoms. The van der Waals surface area contributed by atoms with E-state index in [0.29, 0.717) is 24.8 Å². The van der Waals surface area contributed by atoms with Crippen molar-refractivity contribution < 1.29 is 33.7 Å². The summed E-state index contributed by atoms with van der Waals surface area (Å²) in [4.78, 5) is 27.1. The number of alkyl halides is 1. The molecule has 4 fully saturated rings. The van der Waals surface area contributed by atoms with Crippen LogP contribution in [0.2, 0.25) is 0 Å². The number of thioether (sulfide) groups is 1. The highest BCUT2D eigenvalue weighted by molar-refractivity contribution is 7.98. The van der Waals surface area contributed by atoms with Crippen LogP contribution in [0.4, 0.5) is 4.39 Å². The molecule has 0 unspecified atom stereocenters. The van der Waals surface area contributed by atoms with Crippen molar-refractivity contribution in [3.63, 3.8) is 0 Å². The van der Waals surface area contributed by atoms with Gasteiger partial charge < -0.3 is 19.7 Å². The summed E-state index contributed by atoms with van der Waals surface area (Å²) in [6.07, 6.45) is 2.94. The number of allylic oxidation sites excluding steroid dienone is 4. The summed E-state index contributed by atoms with van der Waals surface area (Å²) < 4.78 is 30.7. The number of rotatable bonds is 6. The molecule has 6 nitrogen and oxygen atoms in total. The third kappa shape index (κ3) is 4.07. The molecule has 8 heteroatoms. The SMILES string of the molecule is Cc1cccc(SCc2ccc([C@@H]3O[C@@H]4C[C@H]5[C@@H]6CCC7=CC(=O)C=C[C@]7(C)[C@@]6(F)[C@@H](O)C[C@]5(C)[C@]4(C(=O)CO)O3)cc2)c1. The fourth-order valence-electron chi connectivity index (χ4n) is 9.36. The lowest BCUT2D eigenvalue weighted by molar-refractivity contribution is -0.231. The van der Waals surface area contributed by atoms with Crippen molar-refractivity contribution in [1.29, 1.82) is 0 Å². The number of aryl methyl sites for hydroxylation is 1. The van der Waals surface area contributed by atoms with Gasteiger partial charge in [0.25, 0.3) is 0 Å². The molecule has 1 aliphatic heterocycles. The number of fused-ring (bicyclic) bond motifs is 7. The standard InChI is InChI=1S/C36H39FO6S/c1-21-5-4-6-26(15-21)44-20-22-7-9-23(10-8-22)32-42-31-17-28-27-12-11-24-16-25(39)13-14-33(24,2)35(27,37)29(40)18-34(28,3)36(31,43-32)30(41)19-38/h4-10,13-16,27-29,31-32,38,40H,11-12,17-20H2,1-3H3/t27-,28-,29-,31+,32+,33-,34-,35-,36+/m0/s1. The van der Waals surface area contributed by atoms with Crippen LogP contribution in [0.1, 0.15) is 62.5 Å². The summed E-state index contributed by atoms with van der Waals surface area (Å²) in [5.74, 6) is -0.771. The molecule has 1 saturated heterocycles. The van der Waals surface area contributed by atoms with Gasteiger partial charge in [-0.25, -0.2) is 4.39 Å². The number of aliphatic hydroxyl groups is 2. The lowest BCUT2D eigenvalue weighted by Gasteiger charge is -2.62. The van der Waals surface area contributed by atoms with E-state index in [0.717, 1.165) is 16.9 Å². The summed E-state index contributed by atoms with van der Waals surface area (Å²) in [6, 6.07) is 16.3. The van der Waals surface area contributed by atoms with Gasteiger partial charge in [0.15, 0.2) is 29.1 Å². The minimum atomic E-state index is -2.02. The van der Waals surface area contributed by atoms with Crippen LogP contribution in [-0.2, 0) is 24.8 Å². The summed E-state index contributed by atoms with van der Waals surface area (Å²) in [5, 5.41) is 21.9. The zero-order valence-corrected chi connectivity index (χ0v) is 26.1. The van der Waals surface area contributed by atoms with Crippen molar-refractivity contribution in [2.24, 2.45) is 22.7 Å². The molecule has 0 aromatic heterocycles. The Labute approximate surface area is 261 Å². The molecule has 7 rings (SSSR count). The average Bonchev–Trinajstić information content (AvgIpc) is 3.50. The van der Waals surface area contributed by atoms with E-state index in [1.165, 1.54) is 22.6 Å². The van der Waals surface area contributed by atoms with E-state index in [-0.39, 0.29) is 18.1 Å². The van der Waals surface area contributed by atoms with E-state index in [4.69, 9.17) is 9.47 Å². The first-order valence-corrected chi connectivity index (χ1v) is 16.5. The highest BCUT2D eigenvalue weighted by Gasteiger charge is 2.79. The molecule has 3 saturated carbocycles. The van der Waals surface area contributed by atoms with Crippen molar-refractivity contribution in [3.8, 4) is 0 Å². The summed E-state index contributed by atoms with van der Waals surface area (Å²) in [7, 11) is 0. The van der Waals surface area contributed by atoms with Gasteiger partial charge in [-0.1, -0.05) is 60.5 Å². The van der Waals surface area contributed by atoms with E-state index in [2.05, 4.69) is 31.2 Å². The van der Waals surface area contributed by atoms with Crippen molar-refractivity contribution in [3.05, 3.63) is 89.0 Å². The Hall–Kier alpha value is -2.62. The minimum Gasteiger partial charge on any atom is -0.390 e. The van der Waals surface area contributed by atoms with Crippen molar-refractivity contribution in [2.45, 2.75) is 86.9 Å². The maximum atomic E-state index is 17.5. The second-order valence-electron chi connectivity index (χ2n) is 13.7. The van der Waals surface area contributed by atoms with Crippen molar-refractivity contribution >= 4 is 23.3 Å². The first kappa shape index (κ1) is 30.1. The number of carbonyl (C=O) groups is 2. The number of aliphatic hydroxyl groups excluding tert-OH is 2. The first-order chi connectivity index (χ1) is 21.0. The van der Waals surface area contributed by atoms with Gasteiger partial charge in [0.2, 0.25) is 0 Å². The lowest BCUT2D eigenvalue weighted by Crippen LogP contribution is -2.69. The lowest BCUT2D eigenvalue weighted by atomic mass is 9.44. The average molecular weight is 619 g/mol. The van der Waals surface area contributed by atoms with Crippen molar-refractivity contribution in [1.82, 2.24) is 0 Å². The maximum Gasteiger partial charge on any atom is 0.193 e. The van der Waals surface area contributed by atoms with Gasteiger partial charge in [-0.2, -0.15) is 0 Å². The Kier molecular flexibility index (Phi) is 7.14. The highest BCUT2D eigenvalue weighted by Crippen LogP contribution is 2.72. The van der Waals surface area contributed by atoms with E-state index >= 15 is 4.39 Å². The smallest absolute Gasteiger partial charge is 0.193 e. The monoisotopic (exact) mass is 618 g/mol. The minimum absolute atomic E-state index is 0.0250. The second kappa shape index (κ2) is 10.5. The van der Waals surface area contributed by atoms with Crippen LogP contribution in [0.5, 0.6) is 0 Å². The molecular formula is C36H39FO6S. The number of ether oxygens (including phenoxy) is 2. The van der Waals surface area contributed by atoms with Crippen LogP contribution in [-0.4, -0.2) is 51.9 Å². The summed E-state index contributed by atoms with van der Waals surface area (Å²) >= 11 is 1.76. The van der Waals surface area contributed by atoms with Crippen LogP contribution in [0.25, 0.3) is 0 Å². The topological polar surface area (TPSA) is 93.1 Å². The Bertz CT molecular complexity index is 1570. The van der Waals surface area contributed by atoms with Crippen LogP contribution < -0.4 is 0 Å². The molecule has 0 bridgehead atoms. The maximum absolute atomic E-state index is 17.5. The quantitative estimate of drug-likeness (QED) is 0.385. The predicted octanol–water partition coefficient (Wildman–Crippen LogP) is 5.98. The number of halogens is 1. The highest BCUT2D eigenvalue weighted by atomic mass is 32.2. The molecule has 5 aliphatic rings. The number of ketones is 2. The largest absolute Gasteiger partial charge is 0.390 e. The molecule has 9 atom stereocenters. The molecule has 1 heterocycles. The first-order valence-electron chi connectivity index (χ1n) is 15.5. The van der Waals surface area contributed by atoms with Crippen LogP contribution in [0, 0.1) is 29.6 Å². The van der Waals surface area contributed by atoms with E-state index < -0.39 is 58.9 Å². The van der Waals surface area contributed by atoms with Gasteiger partial charge in [-0.15, -0.1) is 11.8 Å². The molecule has 44 heavy (non-hydrogen) atoms. The van der Waals surface area contributed by atoms with Crippen LogP contribution in [0.15, 0.2) is 77.2 Å².